The fourth-order valence-electron chi connectivity index (χ4n) is 12.5. The van der Waals surface area contributed by atoms with Crippen molar-refractivity contribution in [2.24, 2.45) is 33.7 Å². The Hall–Kier alpha value is -6.37. The van der Waals surface area contributed by atoms with Gasteiger partial charge in [-0.25, -0.2) is 0 Å². The normalized spacial score (nSPS) is 30.2. The van der Waals surface area contributed by atoms with Gasteiger partial charge in [0, 0.05) is 52.9 Å². The van der Waals surface area contributed by atoms with Crippen LogP contribution in [0.15, 0.2) is 246 Å². The fourth-order valence-corrected chi connectivity index (χ4v) is 13.9. The highest BCUT2D eigenvalue weighted by Gasteiger charge is 2.45. The number of nitrogens with one attached hydrogen (secondary N) is 1. The zero-order chi connectivity index (χ0) is 45.0. The highest BCUT2D eigenvalue weighted by molar-refractivity contribution is 8.07. The molecule has 11 aliphatic rings. The number of benzene rings is 2. The van der Waals surface area contributed by atoms with Crippen LogP contribution in [-0.2, 0) is 0 Å². The lowest BCUT2D eigenvalue weighted by Gasteiger charge is -2.39. The summed E-state index contributed by atoms with van der Waals surface area (Å²) in [7, 11) is 0. The summed E-state index contributed by atoms with van der Waals surface area (Å²) in [5.74, 6) is 3.26. The van der Waals surface area contributed by atoms with Crippen LogP contribution in [-0.4, -0.2) is 35.3 Å². The number of nitrogens with zero attached hydrogens (tertiary/aromatic N) is 4. The van der Waals surface area contributed by atoms with Gasteiger partial charge in [0.1, 0.15) is 0 Å². The quantitative estimate of drug-likeness (QED) is 0.269. The van der Waals surface area contributed by atoms with E-state index in [0.29, 0.717) is 29.7 Å². The van der Waals surface area contributed by atoms with Gasteiger partial charge in [0.05, 0.1) is 18.0 Å². The predicted molar refractivity (Wildman–Crippen MR) is 283 cm³/mol. The Bertz CT molecular complexity index is 2980. The minimum atomic E-state index is -0.191. The maximum atomic E-state index is 5.59. The molecule has 0 radical (unpaired) electrons. The topological polar surface area (TPSA) is 54.1 Å². The molecular weight excluding hydrogens is 847 g/mol. The summed E-state index contributed by atoms with van der Waals surface area (Å²) in [6, 6.07) is 22.0. The van der Waals surface area contributed by atoms with E-state index in [1.165, 1.54) is 54.6 Å². The minimum absolute atomic E-state index is 0.164. The Morgan fingerprint density at radius 2 is 1.59 bits per heavy atom. The molecule has 13 rings (SSSR count). The molecular formula is C62H58N5S-. The van der Waals surface area contributed by atoms with Crippen LogP contribution in [0.4, 0.5) is 0 Å². The second-order valence-electron chi connectivity index (χ2n) is 20.0. The highest BCUT2D eigenvalue weighted by Crippen LogP contribution is 2.59. The maximum absolute atomic E-state index is 5.59. The molecule has 1 N–H and O–H groups in total. The second-order valence-corrected chi connectivity index (χ2v) is 21.1. The van der Waals surface area contributed by atoms with Gasteiger partial charge >= 0.3 is 0 Å². The molecule has 7 atom stereocenters. The Kier molecular flexibility index (Phi) is 11.0. The SMILES string of the molecule is C1=CCC2C(=C1)N(C1C=CC=CC1)C1=C2C=C2SC3=C(C=CC(C4=C(C5=NC(C6CC=CCC6)[N-]C(c6ccccc6)=N5)C=C(C5=C(C6=CCCC=C6)C=CC(c6ccccc6)C5)CN4)C3)C2C1. The van der Waals surface area contributed by atoms with Crippen LogP contribution in [0.1, 0.15) is 81.3 Å². The van der Waals surface area contributed by atoms with E-state index in [2.05, 4.69) is 192 Å². The molecule has 2 aromatic carbocycles. The van der Waals surface area contributed by atoms with Gasteiger partial charge in [-0.05, 0) is 143 Å². The zero-order valence-corrected chi connectivity index (χ0v) is 39.5. The number of rotatable bonds is 8. The van der Waals surface area contributed by atoms with Crippen molar-refractivity contribution in [2.45, 2.75) is 82.3 Å². The molecule has 68 heavy (non-hydrogen) atoms. The lowest BCUT2D eigenvalue weighted by atomic mass is 9.77. The lowest BCUT2D eigenvalue weighted by Crippen LogP contribution is -2.33. The van der Waals surface area contributed by atoms with Crippen LogP contribution >= 0.6 is 11.8 Å². The Balaban J connectivity index is 0.894. The third kappa shape index (κ3) is 7.66. The fraction of sp³-hybridized carbons (Fsp3) is 0.290. The first kappa shape index (κ1) is 41.8. The molecule has 0 fully saturated rings. The molecule has 0 bridgehead atoms. The number of aliphatic imine (C=N–C) groups is 2. The maximum Gasteiger partial charge on any atom is 0.0595 e. The molecule has 7 unspecified atom stereocenters. The number of fused-ring (bicyclic) bond motifs is 4. The summed E-state index contributed by atoms with van der Waals surface area (Å²) >= 11 is 2.06. The second kappa shape index (κ2) is 17.9. The molecule has 2 aromatic rings. The van der Waals surface area contributed by atoms with E-state index < -0.39 is 0 Å². The van der Waals surface area contributed by atoms with Crippen LogP contribution in [0.5, 0.6) is 0 Å². The van der Waals surface area contributed by atoms with Gasteiger partial charge < -0.3 is 20.5 Å². The summed E-state index contributed by atoms with van der Waals surface area (Å²) in [6.07, 6.45) is 53.2. The molecule has 0 saturated carbocycles. The van der Waals surface area contributed by atoms with E-state index in [9.17, 15) is 0 Å². The van der Waals surface area contributed by atoms with Crippen LogP contribution in [0, 0.1) is 23.7 Å². The number of amidine groups is 2. The zero-order valence-electron chi connectivity index (χ0n) is 38.7. The molecule has 6 heteroatoms. The Morgan fingerprint density at radius 3 is 2.43 bits per heavy atom. The molecule has 0 spiro atoms. The first-order chi connectivity index (χ1) is 33.7. The van der Waals surface area contributed by atoms with E-state index in [-0.39, 0.29) is 12.1 Å². The monoisotopic (exact) mass is 904 g/mol. The van der Waals surface area contributed by atoms with Crippen molar-refractivity contribution in [1.29, 1.82) is 0 Å². The molecule has 0 aromatic heterocycles. The van der Waals surface area contributed by atoms with Gasteiger partial charge in [-0.3, -0.25) is 4.99 Å². The number of hydrogen-bond donors (Lipinski definition) is 1. The third-order valence-corrected chi connectivity index (χ3v) is 17.2. The largest absolute Gasteiger partial charge is 0.442 e. The van der Waals surface area contributed by atoms with Crippen LogP contribution < -0.4 is 5.32 Å². The van der Waals surface area contributed by atoms with Crippen molar-refractivity contribution in [3.05, 3.63) is 252 Å². The molecule has 338 valence electrons. The van der Waals surface area contributed by atoms with E-state index in [1.54, 1.807) is 11.3 Å². The minimum Gasteiger partial charge on any atom is -0.442 e. The average molecular weight is 905 g/mol. The van der Waals surface area contributed by atoms with E-state index >= 15 is 0 Å². The Morgan fingerprint density at radius 1 is 0.706 bits per heavy atom. The van der Waals surface area contributed by atoms with Gasteiger partial charge in [0.2, 0.25) is 0 Å². The van der Waals surface area contributed by atoms with E-state index in [0.717, 1.165) is 93.6 Å². The average Bonchev–Trinajstić information content (AvgIpc) is 3.95. The molecule has 4 aliphatic heterocycles. The molecule has 5 nitrogen and oxygen atoms in total. The molecule has 0 saturated heterocycles. The van der Waals surface area contributed by atoms with Crippen molar-refractivity contribution >= 4 is 23.4 Å². The van der Waals surface area contributed by atoms with Crippen LogP contribution in [0.2, 0.25) is 0 Å². The molecule has 7 aliphatic carbocycles. The van der Waals surface area contributed by atoms with Gasteiger partial charge in [-0.1, -0.05) is 169 Å². The van der Waals surface area contributed by atoms with Gasteiger partial charge in [-0.2, -0.15) is 0 Å². The first-order valence-electron chi connectivity index (χ1n) is 25.3. The highest BCUT2D eigenvalue weighted by atomic mass is 32.2. The number of hydrogen-bond acceptors (Lipinski definition) is 5. The van der Waals surface area contributed by atoms with Gasteiger partial charge in [0.25, 0.3) is 0 Å². The standard InChI is InChI=1S/C62H58N5S/c1-6-18-40(19-7-1)44-30-32-48(41-20-8-2-9-21-41)51(34-44)46-35-54(62-65-60(42-22-10-3-11-23-42)64-61(66-62)43-24-12-4-13-25-43)59(63-39-46)45-31-33-50-53-37-56-52(38-58(53)68-57(50)36-45)49-28-16-17-29-55(49)67(56)47-26-14-5-15-27-47/h1,3-8,10-12,14-23,26,29-33,35,38,43-45,47,49,53,61,63H,2,9,13,24-25,27-28,34,36-37,39H2/q-1. The third-order valence-electron chi connectivity index (χ3n) is 15.9. The van der Waals surface area contributed by atoms with Crippen LogP contribution in [0.25, 0.3) is 5.32 Å². The van der Waals surface area contributed by atoms with E-state index in [1.807, 2.05) is 0 Å². The summed E-state index contributed by atoms with van der Waals surface area (Å²) < 4.78 is 0. The summed E-state index contributed by atoms with van der Waals surface area (Å²) in [5.41, 5.74) is 16.3. The molecule has 4 heterocycles. The predicted octanol–water partition coefficient (Wildman–Crippen LogP) is 14.4. The van der Waals surface area contributed by atoms with Crippen molar-refractivity contribution in [3.63, 3.8) is 0 Å². The smallest absolute Gasteiger partial charge is 0.0595 e. The van der Waals surface area contributed by atoms with Gasteiger partial charge in [-0.15, -0.1) is 0 Å². The van der Waals surface area contributed by atoms with Crippen molar-refractivity contribution < 1.29 is 0 Å². The summed E-state index contributed by atoms with van der Waals surface area (Å²) in [5, 5.41) is 9.48. The van der Waals surface area contributed by atoms with E-state index in [4.69, 9.17) is 15.3 Å². The number of dihydropyridines is 1. The van der Waals surface area contributed by atoms with Crippen LogP contribution in [0.3, 0.4) is 0 Å². The Labute approximate surface area is 406 Å². The number of allylic oxidation sites excluding steroid dienone is 22. The molecule has 0 amide bonds. The van der Waals surface area contributed by atoms with Crippen molar-refractivity contribution in [3.8, 4) is 0 Å². The van der Waals surface area contributed by atoms with Crippen molar-refractivity contribution in [1.82, 2.24) is 10.2 Å². The van der Waals surface area contributed by atoms with Crippen molar-refractivity contribution in [2.75, 3.05) is 6.54 Å². The van der Waals surface area contributed by atoms with Gasteiger partial charge in [0.15, 0.2) is 0 Å². The number of thioether (sulfide) groups is 1. The summed E-state index contributed by atoms with van der Waals surface area (Å²) in [4.78, 5) is 16.8. The lowest BCUT2D eigenvalue weighted by molar-refractivity contribution is 0.342. The summed E-state index contributed by atoms with van der Waals surface area (Å²) in [6.45, 7) is 0.758. The first-order valence-corrected chi connectivity index (χ1v) is 26.2.